The summed E-state index contributed by atoms with van der Waals surface area (Å²) < 4.78 is 11.0. The minimum absolute atomic E-state index is 0.0444. The molecule has 2 fully saturated rings. The number of amides is 2. The highest BCUT2D eigenvalue weighted by Crippen LogP contribution is 2.45. The lowest BCUT2D eigenvalue weighted by Gasteiger charge is -2.31. The van der Waals surface area contributed by atoms with Gasteiger partial charge < -0.3 is 19.1 Å². The lowest BCUT2D eigenvalue weighted by atomic mass is 9.89. The van der Waals surface area contributed by atoms with Crippen LogP contribution in [0.3, 0.4) is 0 Å². The maximum Gasteiger partial charge on any atom is 0.320 e. The molecule has 0 N–H and O–H groups in total. The van der Waals surface area contributed by atoms with Crippen molar-refractivity contribution < 1.29 is 14.1 Å². The number of benzene rings is 1. The standard InChI is InChI=1S/C25H29N5O3/c1-28(2)25(31)30-14-19-13-29(15-21-12-23(27-33-21)17-8-10-26-11-9-17)16-22(19)24(30)18-4-6-20(32-3)7-5-18/h4-12,19,22,24H,13-16H2,1-3H3/t19-,22-,24+/m1/s1. The van der Waals surface area contributed by atoms with Gasteiger partial charge >= 0.3 is 6.03 Å². The molecule has 33 heavy (non-hydrogen) atoms. The Morgan fingerprint density at radius 3 is 2.58 bits per heavy atom. The van der Waals surface area contributed by atoms with Gasteiger partial charge in [-0.05, 0) is 35.7 Å². The van der Waals surface area contributed by atoms with E-state index >= 15 is 0 Å². The summed E-state index contributed by atoms with van der Waals surface area (Å²) in [7, 11) is 5.30. The highest BCUT2D eigenvalue weighted by atomic mass is 16.5. The summed E-state index contributed by atoms with van der Waals surface area (Å²) in [6, 6.07) is 14.1. The molecule has 0 aliphatic carbocycles. The van der Waals surface area contributed by atoms with Gasteiger partial charge in [0.2, 0.25) is 0 Å². The molecular formula is C25H29N5O3. The molecule has 2 aliphatic rings. The van der Waals surface area contributed by atoms with Crippen molar-refractivity contribution in [3.8, 4) is 17.0 Å². The first-order valence-electron chi connectivity index (χ1n) is 11.2. The normalized spacial score (nSPS) is 22.4. The average Bonchev–Trinajstić information content (AvgIpc) is 3.54. The Morgan fingerprint density at radius 2 is 1.88 bits per heavy atom. The minimum atomic E-state index is 0.0444. The second-order valence-electron chi connectivity index (χ2n) is 9.08. The second kappa shape index (κ2) is 8.86. The van der Waals surface area contributed by atoms with Crippen LogP contribution in [0.2, 0.25) is 0 Å². The lowest BCUT2D eigenvalue weighted by Crippen LogP contribution is -2.41. The van der Waals surface area contributed by atoms with Crippen LogP contribution in [-0.4, -0.2) is 71.7 Å². The molecule has 0 bridgehead atoms. The smallest absolute Gasteiger partial charge is 0.320 e. The third kappa shape index (κ3) is 4.18. The van der Waals surface area contributed by atoms with E-state index in [4.69, 9.17) is 9.26 Å². The van der Waals surface area contributed by atoms with Gasteiger partial charge in [-0.2, -0.15) is 0 Å². The first-order valence-corrected chi connectivity index (χ1v) is 11.2. The fourth-order valence-corrected chi connectivity index (χ4v) is 5.21. The molecule has 0 radical (unpaired) electrons. The molecule has 0 unspecified atom stereocenters. The first-order chi connectivity index (χ1) is 16.0. The third-order valence-corrected chi connectivity index (χ3v) is 6.74. The van der Waals surface area contributed by atoms with Gasteiger partial charge in [0.25, 0.3) is 0 Å². The molecular weight excluding hydrogens is 418 g/mol. The van der Waals surface area contributed by atoms with Gasteiger partial charge in [0.05, 0.1) is 19.7 Å². The summed E-state index contributed by atoms with van der Waals surface area (Å²) in [5.74, 6) is 2.46. The summed E-state index contributed by atoms with van der Waals surface area (Å²) in [4.78, 5) is 23.2. The average molecular weight is 448 g/mol. The molecule has 0 saturated carbocycles. The van der Waals surface area contributed by atoms with Crippen LogP contribution in [0.5, 0.6) is 5.75 Å². The van der Waals surface area contributed by atoms with E-state index in [1.54, 1.807) is 24.4 Å². The van der Waals surface area contributed by atoms with Crippen molar-refractivity contribution in [2.45, 2.75) is 12.6 Å². The molecule has 2 saturated heterocycles. The first kappa shape index (κ1) is 21.5. The number of ether oxygens (including phenoxy) is 1. The molecule has 0 spiro atoms. The van der Waals surface area contributed by atoms with Gasteiger partial charge in [0.15, 0.2) is 5.76 Å². The van der Waals surface area contributed by atoms with Gasteiger partial charge in [0, 0.05) is 63.7 Å². The molecule has 8 nitrogen and oxygen atoms in total. The summed E-state index contributed by atoms with van der Waals surface area (Å²) in [6.45, 7) is 3.30. The molecule has 2 aromatic heterocycles. The molecule has 8 heteroatoms. The maximum absolute atomic E-state index is 13.0. The number of urea groups is 1. The molecule has 3 atom stereocenters. The van der Waals surface area contributed by atoms with Crippen LogP contribution in [0.4, 0.5) is 4.79 Å². The summed E-state index contributed by atoms with van der Waals surface area (Å²) >= 11 is 0. The van der Waals surface area contributed by atoms with Gasteiger partial charge in [-0.3, -0.25) is 9.88 Å². The van der Waals surface area contributed by atoms with Crippen LogP contribution in [0, 0.1) is 11.8 Å². The van der Waals surface area contributed by atoms with Crippen molar-refractivity contribution in [2.24, 2.45) is 11.8 Å². The molecule has 5 rings (SSSR count). The zero-order chi connectivity index (χ0) is 22.9. The van der Waals surface area contributed by atoms with Crippen molar-refractivity contribution in [3.63, 3.8) is 0 Å². The SMILES string of the molecule is COc1ccc([C@H]2[C@@H]3CN(Cc4cc(-c5ccncc5)no4)C[C@@H]3CN2C(=O)N(C)C)cc1. The molecule has 3 aromatic rings. The van der Waals surface area contributed by atoms with Crippen molar-refractivity contribution in [1.29, 1.82) is 0 Å². The van der Waals surface area contributed by atoms with E-state index in [2.05, 4.69) is 27.2 Å². The molecule has 1 aromatic carbocycles. The van der Waals surface area contributed by atoms with E-state index in [1.165, 1.54) is 0 Å². The molecule has 172 valence electrons. The fraction of sp³-hybridized carbons (Fsp3) is 0.400. The summed E-state index contributed by atoms with van der Waals surface area (Å²) in [6.07, 6.45) is 3.51. The van der Waals surface area contributed by atoms with Crippen LogP contribution >= 0.6 is 0 Å². The predicted molar refractivity (Wildman–Crippen MR) is 124 cm³/mol. The lowest BCUT2D eigenvalue weighted by molar-refractivity contribution is 0.150. The third-order valence-electron chi connectivity index (χ3n) is 6.74. The fourth-order valence-electron chi connectivity index (χ4n) is 5.21. The quantitative estimate of drug-likeness (QED) is 0.596. The number of aromatic nitrogens is 2. The Balaban J connectivity index is 1.33. The van der Waals surface area contributed by atoms with E-state index in [1.807, 2.05) is 49.3 Å². The van der Waals surface area contributed by atoms with Gasteiger partial charge in [-0.15, -0.1) is 0 Å². The Hall–Kier alpha value is -3.39. The Morgan fingerprint density at radius 1 is 1.12 bits per heavy atom. The summed E-state index contributed by atoms with van der Waals surface area (Å²) in [5.41, 5.74) is 2.97. The van der Waals surface area contributed by atoms with E-state index in [0.717, 1.165) is 48.0 Å². The summed E-state index contributed by atoms with van der Waals surface area (Å²) in [5, 5.41) is 4.23. The number of methoxy groups -OCH3 is 1. The zero-order valence-corrected chi connectivity index (χ0v) is 19.2. The van der Waals surface area contributed by atoms with Crippen LogP contribution in [0.25, 0.3) is 11.3 Å². The van der Waals surface area contributed by atoms with Gasteiger partial charge in [0.1, 0.15) is 11.4 Å². The van der Waals surface area contributed by atoms with Crippen molar-refractivity contribution in [1.82, 2.24) is 24.8 Å². The Bertz CT molecular complexity index is 1100. The van der Waals surface area contributed by atoms with E-state index < -0.39 is 0 Å². The number of hydrogen-bond acceptors (Lipinski definition) is 6. The predicted octanol–water partition coefficient (Wildman–Crippen LogP) is 3.53. The van der Waals surface area contributed by atoms with Gasteiger partial charge in [-0.25, -0.2) is 4.79 Å². The molecule has 2 amide bonds. The number of nitrogens with zero attached hydrogens (tertiary/aromatic N) is 5. The number of likely N-dealkylation sites (tertiary alicyclic amines) is 2. The largest absolute Gasteiger partial charge is 0.497 e. The number of fused-ring (bicyclic) bond motifs is 1. The zero-order valence-electron chi connectivity index (χ0n) is 19.2. The monoisotopic (exact) mass is 447 g/mol. The number of carbonyl (C=O) groups is 1. The second-order valence-corrected chi connectivity index (χ2v) is 9.08. The van der Waals surface area contributed by atoms with Crippen molar-refractivity contribution >= 4 is 6.03 Å². The Labute approximate surface area is 193 Å². The van der Waals surface area contributed by atoms with Crippen LogP contribution < -0.4 is 4.74 Å². The van der Waals surface area contributed by atoms with Crippen molar-refractivity contribution in [2.75, 3.05) is 40.8 Å². The number of pyridine rings is 1. The maximum atomic E-state index is 13.0. The topological polar surface area (TPSA) is 74.9 Å². The minimum Gasteiger partial charge on any atom is -0.497 e. The Kier molecular flexibility index (Phi) is 5.76. The number of rotatable bonds is 5. The van der Waals surface area contributed by atoms with Crippen molar-refractivity contribution in [3.05, 3.63) is 66.2 Å². The van der Waals surface area contributed by atoms with E-state index in [9.17, 15) is 4.79 Å². The highest BCUT2D eigenvalue weighted by molar-refractivity contribution is 5.75. The van der Waals surface area contributed by atoms with E-state index in [-0.39, 0.29) is 12.1 Å². The van der Waals surface area contributed by atoms with E-state index in [0.29, 0.717) is 18.4 Å². The number of carbonyl (C=O) groups excluding carboxylic acids is 1. The molecule has 4 heterocycles. The van der Waals surface area contributed by atoms with Crippen LogP contribution in [-0.2, 0) is 6.54 Å². The molecule has 2 aliphatic heterocycles. The van der Waals surface area contributed by atoms with Crippen LogP contribution in [0.15, 0.2) is 59.4 Å². The van der Waals surface area contributed by atoms with Crippen LogP contribution in [0.1, 0.15) is 17.4 Å². The van der Waals surface area contributed by atoms with Gasteiger partial charge in [-0.1, -0.05) is 17.3 Å². The highest BCUT2D eigenvalue weighted by Gasteiger charge is 2.49. The number of hydrogen-bond donors (Lipinski definition) is 0.